The van der Waals surface area contributed by atoms with Gasteiger partial charge in [-0.15, -0.1) is 0 Å². The van der Waals surface area contributed by atoms with Crippen molar-refractivity contribution in [3.8, 4) is 6.07 Å². The van der Waals surface area contributed by atoms with Crippen molar-refractivity contribution in [3.05, 3.63) is 35.4 Å². The summed E-state index contributed by atoms with van der Waals surface area (Å²) in [6.07, 6.45) is 1.85. The van der Waals surface area contributed by atoms with E-state index in [0.717, 1.165) is 25.9 Å². The van der Waals surface area contributed by atoms with Gasteiger partial charge in [-0.05, 0) is 51.1 Å². The Kier molecular flexibility index (Phi) is 3.63. The SMILES string of the molecule is CC1(NC(=O)c2cccc(C#N)c2)CCNCC1. The number of rotatable bonds is 2. The minimum absolute atomic E-state index is 0.100. The van der Waals surface area contributed by atoms with Crippen LogP contribution in [0.15, 0.2) is 24.3 Å². The maximum Gasteiger partial charge on any atom is 0.251 e. The molecule has 0 unspecified atom stereocenters. The largest absolute Gasteiger partial charge is 0.347 e. The highest BCUT2D eigenvalue weighted by atomic mass is 16.1. The molecule has 1 aliphatic heterocycles. The summed E-state index contributed by atoms with van der Waals surface area (Å²) in [7, 11) is 0. The number of piperidine rings is 1. The van der Waals surface area contributed by atoms with Gasteiger partial charge in [0.05, 0.1) is 11.6 Å². The molecule has 0 radical (unpaired) electrons. The fourth-order valence-electron chi connectivity index (χ4n) is 2.18. The Hall–Kier alpha value is -1.86. The van der Waals surface area contributed by atoms with E-state index in [4.69, 9.17) is 5.26 Å². The van der Waals surface area contributed by atoms with Crippen LogP contribution in [0.1, 0.15) is 35.7 Å². The Balaban J connectivity index is 2.09. The molecule has 1 aromatic rings. The minimum Gasteiger partial charge on any atom is -0.347 e. The van der Waals surface area contributed by atoms with E-state index in [0.29, 0.717) is 11.1 Å². The van der Waals surface area contributed by atoms with Gasteiger partial charge in [0, 0.05) is 11.1 Å². The second-order valence-corrected chi connectivity index (χ2v) is 4.96. The minimum atomic E-state index is -0.148. The smallest absolute Gasteiger partial charge is 0.251 e. The van der Waals surface area contributed by atoms with Gasteiger partial charge in [-0.25, -0.2) is 0 Å². The zero-order valence-electron chi connectivity index (χ0n) is 10.5. The Labute approximate surface area is 107 Å². The fourth-order valence-corrected chi connectivity index (χ4v) is 2.18. The summed E-state index contributed by atoms with van der Waals surface area (Å²) in [5, 5.41) is 15.2. The lowest BCUT2D eigenvalue weighted by Crippen LogP contribution is -2.52. The molecule has 0 bridgehead atoms. The Bertz CT molecular complexity index is 484. The summed E-state index contributed by atoms with van der Waals surface area (Å²) in [6.45, 7) is 3.92. The van der Waals surface area contributed by atoms with Gasteiger partial charge in [-0.1, -0.05) is 6.07 Å². The molecular formula is C14H17N3O. The van der Waals surface area contributed by atoms with Crippen LogP contribution in [0.4, 0.5) is 0 Å². The molecule has 1 aliphatic rings. The third-order valence-electron chi connectivity index (χ3n) is 3.38. The van der Waals surface area contributed by atoms with E-state index in [2.05, 4.69) is 17.6 Å². The summed E-state index contributed by atoms with van der Waals surface area (Å²) in [6, 6.07) is 8.84. The quantitative estimate of drug-likeness (QED) is 0.826. The number of nitrogens with one attached hydrogen (secondary N) is 2. The number of amides is 1. The van der Waals surface area contributed by atoms with E-state index < -0.39 is 0 Å². The van der Waals surface area contributed by atoms with Crippen LogP contribution in [-0.2, 0) is 0 Å². The van der Waals surface area contributed by atoms with Crippen molar-refractivity contribution in [1.29, 1.82) is 5.26 Å². The molecule has 18 heavy (non-hydrogen) atoms. The molecule has 4 heteroatoms. The first-order chi connectivity index (χ1) is 8.63. The van der Waals surface area contributed by atoms with E-state index in [1.165, 1.54) is 0 Å². The summed E-state index contributed by atoms with van der Waals surface area (Å²) in [5.74, 6) is -0.100. The van der Waals surface area contributed by atoms with Gasteiger partial charge in [-0.2, -0.15) is 5.26 Å². The molecule has 1 saturated heterocycles. The molecule has 0 saturated carbocycles. The van der Waals surface area contributed by atoms with Gasteiger partial charge in [0.15, 0.2) is 0 Å². The molecule has 4 nitrogen and oxygen atoms in total. The van der Waals surface area contributed by atoms with Crippen LogP contribution >= 0.6 is 0 Å². The van der Waals surface area contributed by atoms with Crippen molar-refractivity contribution >= 4 is 5.91 Å². The van der Waals surface area contributed by atoms with Gasteiger partial charge >= 0.3 is 0 Å². The first kappa shape index (κ1) is 12.6. The monoisotopic (exact) mass is 243 g/mol. The summed E-state index contributed by atoms with van der Waals surface area (Å²) in [4.78, 5) is 12.1. The number of hydrogen-bond acceptors (Lipinski definition) is 3. The van der Waals surface area contributed by atoms with E-state index in [9.17, 15) is 4.79 Å². The van der Waals surface area contributed by atoms with Crippen molar-refractivity contribution in [2.45, 2.75) is 25.3 Å². The molecule has 0 spiro atoms. The molecule has 1 amide bonds. The van der Waals surface area contributed by atoms with Crippen molar-refractivity contribution in [2.24, 2.45) is 0 Å². The molecule has 1 aromatic carbocycles. The van der Waals surface area contributed by atoms with Crippen LogP contribution in [0.25, 0.3) is 0 Å². The third-order valence-corrected chi connectivity index (χ3v) is 3.38. The molecule has 2 rings (SSSR count). The first-order valence-corrected chi connectivity index (χ1v) is 6.16. The van der Waals surface area contributed by atoms with Gasteiger partial charge in [0.2, 0.25) is 0 Å². The predicted octanol–water partition coefficient (Wildman–Crippen LogP) is 1.43. The molecule has 1 heterocycles. The predicted molar refractivity (Wildman–Crippen MR) is 69.1 cm³/mol. The highest BCUT2D eigenvalue weighted by Gasteiger charge is 2.28. The maximum atomic E-state index is 12.1. The highest BCUT2D eigenvalue weighted by Crippen LogP contribution is 2.18. The normalized spacial score (nSPS) is 17.8. The van der Waals surface area contributed by atoms with Crippen LogP contribution < -0.4 is 10.6 Å². The van der Waals surface area contributed by atoms with E-state index in [-0.39, 0.29) is 11.4 Å². The first-order valence-electron chi connectivity index (χ1n) is 6.16. The fraction of sp³-hybridized carbons (Fsp3) is 0.429. The Morgan fingerprint density at radius 3 is 2.83 bits per heavy atom. The summed E-state index contributed by atoms with van der Waals surface area (Å²) >= 11 is 0. The van der Waals surface area contributed by atoms with Crippen LogP contribution in [0.5, 0.6) is 0 Å². The van der Waals surface area contributed by atoms with E-state index in [1.807, 2.05) is 6.07 Å². The standard InChI is InChI=1S/C14H17N3O/c1-14(5-7-16-8-6-14)17-13(18)12-4-2-3-11(9-12)10-15/h2-4,9,16H,5-8H2,1H3,(H,17,18). The number of hydrogen-bond donors (Lipinski definition) is 2. The van der Waals surface area contributed by atoms with Crippen LogP contribution in [0.3, 0.4) is 0 Å². The highest BCUT2D eigenvalue weighted by molar-refractivity contribution is 5.95. The number of nitriles is 1. The third kappa shape index (κ3) is 2.88. The lowest BCUT2D eigenvalue weighted by atomic mass is 9.90. The van der Waals surface area contributed by atoms with Gasteiger partial charge in [-0.3, -0.25) is 4.79 Å². The number of carbonyl (C=O) groups excluding carboxylic acids is 1. The lowest BCUT2D eigenvalue weighted by molar-refractivity contribution is 0.0887. The Morgan fingerprint density at radius 2 is 2.17 bits per heavy atom. The van der Waals surface area contributed by atoms with Crippen molar-refractivity contribution in [2.75, 3.05) is 13.1 Å². The molecule has 0 aliphatic carbocycles. The maximum absolute atomic E-state index is 12.1. The number of benzene rings is 1. The van der Waals surface area contributed by atoms with Crippen molar-refractivity contribution in [1.82, 2.24) is 10.6 Å². The van der Waals surface area contributed by atoms with E-state index >= 15 is 0 Å². The molecule has 1 fully saturated rings. The number of nitrogens with zero attached hydrogens (tertiary/aromatic N) is 1. The van der Waals surface area contributed by atoms with Crippen LogP contribution in [0, 0.1) is 11.3 Å². The average Bonchev–Trinajstić information content (AvgIpc) is 2.39. The summed E-state index contributed by atoms with van der Waals surface area (Å²) < 4.78 is 0. The topological polar surface area (TPSA) is 64.9 Å². The van der Waals surface area contributed by atoms with E-state index in [1.54, 1.807) is 24.3 Å². The van der Waals surface area contributed by atoms with Crippen LogP contribution in [0.2, 0.25) is 0 Å². The molecule has 0 aromatic heterocycles. The van der Waals surface area contributed by atoms with Crippen LogP contribution in [-0.4, -0.2) is 24.5 Å². The Morgan fingerprint density at radius 1 is 1.44 bits per heavy atom. The molecule has 94 valence electrons. The second kappa shape index (κ2) is 5.19. The zero-order chi connectivity index (χ0) is 13.0. The molecular weight excluding hydrogens is 226 g/mol. The average molecular weight is 243 g/mol. The van der Waals surface area contributed by atoms with Gasteiger partial charge < -0.3 is 10.6 Å². The lowest BCUT2D eigenvalue weighted by Gasteiger charge is -2.35. The molecule has 2 N–H and O–H groups in total. The second-order valence-electron chi connectivity index (χ2n) is 4.96. The van der Waals surface area contributed by atoms with Crippen molar-refractivity contribution < 1.29 is 4.79 Å². The zero-order valence-corrected chi connectivity index (χ0v) is 10.5. The van der Waals surface area contributed by atoms with Gasteiger partial charge in [0.25, 0.3) is 5.91 Å². The summed E-state index contributed by atoms with van der Waals surface area (Å²) in [5.41, 5.74) is 0.914. The molecule has 0 atom stereocenters. The number of carbonyl (C=O) groups is 1. The van der Waals surface area contributed by atoms with Crippen molar-refractivity contribution in [3.63, 3.8) is 0 Å². The van der Waals surface area contributed by atoms with Gasteiger partial charge in [0.1, 0.15) is 0 Å².